The van der Waals surface area contributed by atoms with E-state index in [2.05, 4.69) is 36.0 Å². The van der Waals surface area contributed by atoms with E-state index in [9.17, 15) is 9.90 Å². The quantitative estimate of drug-likeness (QED) is 0.398. The van der Waals surface area contributed by atoms with Gasteiger partial charge in [0.1, 0.15) is 23.4 Å². The fourth-order valence-corrected chi connectivity index (χ4v) is 4.94. The monoisotopic (exact) mass is 455 g/mol. The molecule has 0 spiro atoms. The van der Waals surface area contributed by atoms with Crippen LogP contribution in [0.3, 0.4) is 0 Å². The second kappa shape index (κ2) is 9.83. The Morgan fingerprint density at radius 2 is 2.03 bits per heavy atom. The summed E-state index contributed by atoms with van der Waals surface area (Å²) in [4.78, 5) is 25.8. The van der Waals surface area contributed by atoms with Gasteiger partial charge in [-0.05, 0) is 31.9 Å². The summed E-state index contributed by atoms with van der Waals surface area (Å²) in [5.74, 6) is 3.39. The number of aliphatic hydroxyl groups is 1. The summed E-state index contributed by atoms with van der Waals surface area (Å²) in [5, 5.41) is 22.3. The lowest BCUT2D eigenvalue weighted by Crippen LogP contribution is -2.32. The number of anilines is 4. The molecule has 3 aromatic heterocycles. The molecule has 0 bridgehead atoms. The predicted molar refractivity (Wildman–Crippen MR) is 124 cm³/mol. The third-order valence-corrected chi connectivity index (χ3v) is 6.51. The van der Waals surface area contributed by atoms with Gasteiger partial charge in [0.15, 0.2) is 5.82 Å². The summed E-state index contributed by atoms with van der Waals surface area (Å²) in [6.45, 7) is 1.46. The Bertz CT molecular complexity index is 1140. The van der Waals surface area contributed by atoms with Gasteiger partial charge in [-0.15, -0.1) is 0 Å². The van der Waals surface area contributed by atoms with Gasteiger partial charge in [0.05, 0.1) is 11.9 Å². The number of aliphatic hydroxyl groups excluding tert-OH is 1. The van der Waals surface area contributed by atoms with E-state index < -0.39 is 12.1 Å². The SMILES string of the molecule is CC(O)NC(=O)c1cnc(Nc2cnn(C)c2)nc1Nc1cccc(N=S2CCCC2)n1. The van der Waals surface area contributed by atoms with Crippen molar-refractivity contribution in [2.24, 2.45) is 11.4 Å². The molecule has 12 heteroatoms. The Balaban J connectivity index is 1.62. The first-order valence-electron chi connectivity index (χ1n) is 10.2. The Labute approximate surface area is 187 Å². The maximum absolute atomic E-state index is 12.6. The van der Waals surface area contributed by atoms with E-state index >= 15 is 0 Å². The van der Waals surface area contributed by atoms with Crippen LogP contribution in [0, 0.1) is 0 Å². The van der Waals surface area contributed by atoms with Crippen molar-refractivity contribution in [3.8, 4) is 0 Å². The van der Waals surface area contributed by atoms with Crippen molar-refractivity contribution in [2.45, 2.75) is 26.0 Å². The number of hydrogen-bond donors (Lipinski definition) is 4. The van der Waals surface area contributed by atoms with Crippen molar-refractivity contribution in [1.29, 1.82) is 0 Å². The number of carbonyl (C=O) groups is 1. The molecule has 3 aromatic rings. The smallest absolute Gasteiger partial charge is 0.258 e. The van der Waals surface area contributed by atoms with Gasteiger partial charge in [0.2, 0.25) is 5.95 Å². The fraction of sp³-hybridized carbons (Fsp3) is 0.350. The molecule has 4 N–H and O–H groups in total. The Morgan fingerprint density at radius 1 is 1.22 bits per heavy atom. The molecule has 1 unspecified atom stereocenters. The van der Waals surface area contributed by atoms with Crippen molar-refractivity contribution in [3.05, 3.63) is 42.4 Å². The fourth-order valence-electron chi connectivity index (χ4n) is 3.11. The molecule has 4 heterocycles. The summed E-state index contributed by atoms with van der Waals surface area (Å²) >= 11 is 0. The highest BCUT2D eigenvalue weighted by Gasteiger charge is 2.17. The molecular weight excluding hydrogens is 430 g/mol. The lowest BCUT2D eigenvalue weighted by atomic mass is 10.2. The number of amides is 1. The molecule has 0 radical (unpaired) electrons. The van der Waals surface area contributed by atoms with E-state index in [1.54, 1.807) is 30.2 Å². The highest BCUT2D eigenvalue weighted by Crippen LogP contribution is 2.23. The number of aromatic nitrogens is 5. The zero-order valence-electron chi connectivity index (χ0n) is 17.8. The number of nitrogens with zero attached hydrogens (tertiary/aromatic N) is 6. The number of rotatable bonds is 7. The summed E-state index contributed by atoms with van der Waals surface area (Å²) in [7, 11) is 1.83. The molecule has 4 rings (SSSR count). The topological polar surface area (TPSA) is 142 Å². The van der Waals surface area contributed by atoms with E-state index in [1.807, 2.05) is 12.1 Å². The normalized spacial score (nSPS) is 14.7. The minimum absolute atomic E-state index is 0.0235. The Hall–Kier alpha value is -3.38. The van der Waals surface area contributed by atoms with Crippen molar-refractivity contribution in [2.75, 3.05) is 22.1 Å². The van der Waals surface area contributed by atoms with Crippen LogP contribution in [0.4, 0.5) is 29.1 Å². The molecule has 1 atom stereocenters. The third-order valence-electron chi connectivity index (χ3n) is 4.55. The minimum atomic E-state index is -1.02. The summed E-state index contributed by atoms with van der Waals surface area (Å²) in [5.41, 5.74) is 0.876. The second-order valence-electron chi connectivity index (χ2n) is 7.31. The summed E-state index contributed by atoms with van der Waals surface area (Å²) < 4.78 is 6.39. The van der Waals surface area contributed by atoms with Crippen LogP contribution >= 0.6 is 0 Å². The van der Waals surface area contributed by atoms with Gasteiger partial charge in [-0.2, -0.15) is 10.1 Å². The van der Waals surface area contributed by atoms with Gasteiger partial charge in [-0.25, -0.2) is 14.3 Å². The first-order chi connectivity index (χ1) is 15.5. The molecule has 1 saturated heterocycles. The van der Waals surface area contributed by atoms with E-state index in [0.717, 1.165) is 11.5 Å². The third kappa shape index (κ3) is 5.65. The van der Waals surface area contributed by atoms with Gasteiger partial charge in [-0.1, -0.05) is 16.8 Å². The minimum Gasteiger partial charge on any atom is -0.374 e. The molecule has 1 aliphatic heterocycles. The van der Waals surface area contributed by atoms with Crippen LogP contribution in [0.25, 0.3) is 0 Å². The molecule has 0 aromatic carbocycles. The molecule has 11 nitrogen and oxygen atoms in total. The van der Waals surface area contributed by atoms with Crippen LogP contribution in [0.5, 0.6) is 0 Å². The molecule has 32 heavy (non-hydrogen) atoms. The van der Waals surface area contributed by atoms with E-state index in [0.29, 0.717) is 17.3 Å². The van der Waals surface area contributed by atoms with Crippen LogP contribution in [-0.4, -0.2) is 53.5 Å². The lowest BCUT2D eigenvalue weighted by molar-refractivity contribution is 0.0819. The van der Waals surface area contributed by atoms with Crippen molar-refractivity contribution in [3.63, 3.8) is 0 Å². The largest absolute Gasteiger partial charge is 0.374 e. The van der Waals surface area contributed by atoms with Crippen molar-refractivity contribution in [1.82, 2.24) is 30.0 Å². The zero-order valence-corrected chi connectivity index (χ0v) is 18.6. The number of hydrogen-bond acceptors (Lipinski definition) is 9. The molecular formula is C20H25N9O2S. The van der Waals surface area contributed by atoms with Gasteiger partial charge in [0, 0.05) is 30.9 Å². The maximum Gasteiger partial charge on any atom is 0.258 e. The highest BCUT2D eigenvalue weighted by molar-refractivity contribution is 7.87. The standard InChI is InChI=1S/C20H25N9O2S/c1-13(30)23-19(31)15-11-21-20(24-14-10-22-29(2)12-14)27-18(15)26-16-6-5-7-17(25-16)28-32-8-3-4-9-32/h5-7,10-13,30H,3-4,8-9H2,1-2H3,(H,23,31)(H2,21,24,25,26,27). The average molecular weight is 456 g/mol. The molecule has 168 valence electrons. The number of carbonyl (C=O) groups excluding carboxylic acids is 1. The second-order valence-corrected chi connectivity index (χ2v) is 9.23. The van der Waals surface area contributed by atoms with Crippen LogP contribution in [-0.2, 0) is 17.7 Å². The Morgan fingerprint density at radius 3 is 2.75 bits per heavy atom. The first-order valence-corrected chi connectivity index (χ1v) is 11.7. The van der Waals surface area contributed by atoms with Gasteiger partial charge >= 0.3 is 0 Å². The van der Waals surface area contributed by atoms with Gasteiger partial charge < -0.3 is 21.1 Å². The summed E-state index contributed by atoms with van der Waals surface area (Å²) in [6, 6.07) is 5.51. The van der Waals surface area contributed by atoms with Crippen molar-refractivity contribution >= 4 is 45.7 Å². The van der Waals surface area contributed by atoms with E-state index in [-0.39, 0.29) is 28.0 Å². The number of pyridine rings is 1. The maximum atomic E-state index is 12.6. The highest BCUT2D eigenvalue weighted by atomic mass is 32.2. The predicted octanol–water partition coefficient (Wildman–Crippen LogP) is 2.39. The van der Waals surface area contributed by atoms with Crippen LogP contribution in [0.15, 0.2) is 41.2 Å². The number of aryl methyl sites for hydroxylation is 1. The number of nitrogens with one attached hydrogen (secondary N) is 3. The Kier molecular flexibility index (Phi) is 6.71. The molecule has 0 saturated carbocycles. The molecule has 0 aliphatic carbocycles. The van der Waals surface area contributed by atoms with Crippen LogP contribution in [0.1, 0.15) is 30.1 Å². The van der Waals surface area contributed by atoms with Crippen LogP contribution in [0.2, 0.25) is 0 Å². The van der Waals surface area contributed by atoms with E-state index in [1.165, 1.54) is 26.0 Å². The van der Waals surface area contributed by atoms with E-state index in [4.69, 9.17) is 4.36 Å². The van der Waals surface area contributed by atoms with Crippen LogP contribution < -0.4 is 16.0 Å². The summed E-state index contributed by atoms with van der Waals surface area (Å²) in [6.07, 6.45) is 6.21. The molecule has 1 aliphatic rings. The zero-order chi connectivity index (χ0) is 22.5. The van der Waals surface area contributed by atoms with Gasteiger partial charge in [0.25, 0.3) is 5.91 Å². The molecule has 1 amide bonds. The average Bonchev–Trinajstić information content (AvgIpc) is 3.39. The van der Waals surface area contributed by atoms with Gasteiger partial charge in [-0.3, -0.25) is 9.48 Å². The lowest BCUT2D eigenvalue weighted by Gasteiger charge is -2.13. The first kappa shape index (κ1) is 21.8. The van der Waals surface area contributed by atoms with Crippen molar-refractivity contribution < 1.29 is 9.90 Å². The molecule has 1 fully saturated rings.